The molecule has 3 aromatic rings. The van der Waals surface area contributed by atoms with Crippen molar-refractivity contribution in [2.24, 2.45) is 17.3 Å². The molecule has 3 amide bonds. The molecule has 0 bridgehead atoms. The van der Waals surface area contributed by atoms with Crippen molar-refractivity contribution in [1.82, 2.24) is 30.8 Å². The van der Waals surface area contributed by atoms with E-state index in [9.17, 15) is 14.4 Å². The van der Waals surface area contributed by atoms with Crippen LogP contribution in [0.1, 0.15) is 109 Å². The minimum Gasteiger partial charge on any atom is -0.415 e. The molecule has 1 aliphatic heterocycles. The summed E-state index contributed by atoms with van der Waals surface area (Å²) in [7, 11) is -4.07. The molecule has 0 spiro atoms. The van der Waals surface area contributed by atoms with Crippen LogP contribution in [0.2, 0.25) is 0 Å². The number of rotatable bonds is 19. The van der Waals surface area contributed by atoms with E-state index in [0.717, 1.165) is 67.4 Å². The molecule has 6 rings (SSSR count). The third kappa shape index (κ3) is 11.2. The molecule has 2 aliphatic carbocycles. The number of likely N-dealkylation sites (tertiary alicyclic amines) is 1. The van der Waals surface area contributed by atoms with Gasteiger partial charge in [-0.2, -0.15) is 0 Å². The zero-order valence-electron chi connectivity index (χ0n) is 36.8. The second kappa shape index (κ2) is 21.2. The van der Waals surface area contributed by atoms with Gasteiger partial charge in [-0.15, -0.1) is 23.5 Å². The minimum absolute atomic E-state index is 0.00286. The van der Waals surface area contributed by atoms with Gasteiger partial charge in [0.2, 0.25) is 11.8 Å². The fraction of sp³-hybridized carbons (Fsp3) is 0.565. The van der Waals surface area contributed by atoms with Crippen LogP contribution in [-0.4, -0.2) is 87.4 Å². The summed E-state index contributed by atoms with van der Waals surface area (Å²) in [6.45, 7) is 7.67. The Bertz CT molecular complexity index is 1980. The zero-order valence-corrected chi connectivity index (χ0v) is 39.4. The summed E-state index contributed by atoms with van der Waals surface area (Å²) in [6, 6.07) is 12.5. The number of nitrogens with zero attached hydrogens (tertiary/aromatic N) is 3. The molecule has 2 saturated carbocycles. The van der Waals surface area contributed by atoms with E-state index in [4.69, 9.17) is 9.05 Å². The number of aromatic nitrogens is 2. The van der Waals surface area contributed by atoms with Crippen LogP contribution in [0.25, 0.3) is 0 Å². The van der Waals surface area contributed by atoms with Crippen molar-refractivity contribution in [1.29, 1.82) is 0 Å². The fourth-order valence-corrected chi connectivity index (χ4v) is 12.2. The summed E-state index contributed by atoms with van der Waals surface area (Å²) in [5.41, 5.74) is -2.00. The number of nitrogens with one attached hydrogen (secondary N) is 3. The van der Waals surface area contributed by atoms with Crippen LogP contribution in [0.4, 0.5) is 0 Å². The average molecular weight is 907 g/mol. The monoisotopic (exact) mass is 906 g/mol. The topological polar surface area (TPSA) is 169 Å². The first-order chi connectivity index (χ1) is 29.7. The number of carbonyl (C=O) groups is 4. The number of carbonyl (C=O) groups excluding carboxylic acids is 4. The van der Waals surface area contributed by atoms with E-state index in [0.29, 0.717) is 30.8 Å². The van der Waals surface area contributed by atoms with E-state index in [2.05, 4.69) is 25.9 Å². The molecule has 3 fully saturated rings. The molecule has 336 valence electrons. The number of hydrogen-bond donors (Lipinski definition) is 3. The van der Waals surface area contributed by atoms with Crippen molar-refractivity contribution < 1.29 is 32.8 Å². The van der Waals surface area contributed by atoms with Crippen LogP contribution >= 0.6 is 31.1 Å². The van der Waals surface area contributed by atoms with Gasteiger partial charge in [0.1, 0.15) is 46.9 Å². The van der Waals surface area contributed by atoms with Crippen molar-refractivity contribution in [2.75, 3.05) is 19.1 Å². The van der Waals surface area contributed by atoms with Crippen molar-refractivity contribution in [3.8, 4) is 11.5 Å². The normalized spacial score (nSPS) is 21.9. The first-order valence-corrected chi connectivity index (χ1v) is 26.0. The smallest absolute Gasteiger partial charge is 0.415 e. The molecule has 16 heteroatoms. The summed E-state index contributed by atoms with van der Waals surface area (Å²) in [5, 5.41) is 9.52. The highest BCUT2D eigenvalue weighted by Crippen LogP contribution is 2.54. The largest absolute Gasteiger partial charge is 0.447 e. The molecule has 1 aromatic heterocycles. The van der Waals surface area contributed by atoms with Gasteiger partial charge in [0.05, 0.1) is 6.20 Å². The summed E-state index contributed by atoms with van der Waals surface area (Å²) < 4.78 is 28.0. The molecule has 2 heterocycles. The first kappa shape index (κ1) is 47.6. The van der Waals surface area contributed by atoms with E-state index in [1.807, 2.05) is 64.5 Å². The van der Waals surface area contributed by atoms with Crippen LogP contribution in [0, 0.1) is 17.3 Å². The minimum atomic E-state index is -4.07. The van der Waals surface area contributed by atoms with E-state index in [1.54, 1.807) is 52.7 Å². The number of benzene rings is 2. The number of thioether (sulfide) groups is 2. The SMILES string of the molecule is CCC[C@H](NC[C@@]1(C=O)C[C@@H]2CCC[C@@H]2N1C(=O)[C@@H](NC(=O)[C@@H](NC(=O)c1cnccn1)C1CCCCC1)C(C)(C)C)P(=O)(Oc1ccc(SC)cc1)Oc1ccc(SC)cc1. The molecule has 13 nitrogen and oxygen atoms in total. The Hall–Kier alpha value is -3.91. The molecule has 0 radical (unpaired) electrons. The molecule has 6 atom stereocenters. The van der Waals surface area contributed by atoms with Gasteiger partial charge >= 0.3 is 7.60 Å². The Balaban J connectivity index is 1.30. The van der Waals surface area contributed by atoms with Crippen molar-refractivity contribution in [2.45, 2.75) is 138 Å². The Kier molecular flexibility index (Phi) is 16.2. The lowest BCUT2D eigenvalue weighted by Crippen LogP contribution is -2.65. The third-order valence-electron chi connectivity index (χ3n) is 12.6. The van der Waals surface area contributed by atoms with Crippen molar-refractivity contribution >= 4 is 55.1 Å². The number of hydrogen-bond acceptors (Lipinski definition) is 12. The van der Waals surface area contributed by atoms with Gasteiger partial charge in [-0.3, -0.25) is 24.7 Å². The second-order valence-corrected chi connectivity index (χ2v) is 21.7. The Morgan fingerprint density at radius 1 is 0.903 bits per heavy atom. The fourth-order valence-electron chi connectivity index (χ4n) is 9.33. The lowest BCUT2D eigenvalue weighted by molar-refractivity contribution is -0.148. The van der Waals surface area contributed by atoms with Crippen LogP contribution in [0.5, 0.6) is 11.5 Å². The van der Waals surface area contributed by atoms with E-state index < -0.39 is 48.2 Å². The molecule has 2 aromatic carbocycles. The van der Waals surface area contributed by atoms with Gasteiger partial charge in [0, 0.05) is 34.8 Å². The van der Waals surface area contributed by atoms with E-state index in [-0.39, 0.29) is 36.0 Å². The van der Waals surface area contributed by atoms with Crippen LogP contribution in [-0.2, 0) is 18.9 Å². The van der Waals surface area contributed by atoms with Gasteiger partial charge in [0.25, 0.3) is 5.91 Å². The molecule has 0 unspecified atom stereocenters. The van der Waals surface area contributed by atoms with Crippen LogP contribution in [0.15, 0.2) is 76.9 Å². The summed E-state index contributed by atoms with van der Waals surface area (Å²) in [4.78, 5) is 69.0. The number of amides is 3. The molecule has 62 heavy (non-hydrogen) atoms. The summed E-state index contributed by atoms with van der Waals surface area (Å²) in [6.07, 6.45) is 17.4. The highest BCUT2D eigenvalue weighted by atomic mass is 32.2. The summed E-state index contributed by atoms with van der Waals surface area (Å²) >= 11 is 3.17. The maximum absolute atomic E-state index is 15.4. The van der Waals surface area contributed by atoms with Gasteiger partial charge < -0.3 is 29.4 Å². The number of aldehydes is 1. The summed E-state index contributed by atoms with van der Waals surface area (Å²) in [5.74, 6) is -1.47. The van der Waals surface area contributed by atoms with Crippen molar-refractivity contribution in [3.63, 3.8) is 0 Å². The Morgan fingerprint density at radius 2 is 1.53 bits per heavy atom. The molecular formula is C46H63N6O7PS2. The predicted octanol–water partition coefficient (Wildman–Crippen LogP) is 8.54. The molecule has 1 saturated heterocycles. The number of fused-ring (bicyclic) bond motifs is 1. The second-order valence-electron chi connectivity index (χ2n) is 17.9. The first-order valence-electron chi connectivity index (χ1n) is 21.9. The average Bonchev–Trinajstić information content (AvgIpc) is 3.85. The quantitative estimate of drug-likeness (QED) is 0.0597. The maximum Gasteiger partial charge on any atom is 0.447 e. The highest BCUT2D eigenvalue weighted by Gasteiger charge is 2.58. The maximum atomic E-state index is 15.4. The van der Waals surface area contributed by atoms with Crippen LogP contribution in [0.3, 0.4) is 0 Å². The lowest BCUT2D eigenvalue weighted by Gasteiger charge is -2.43. The zero-order chi connectivity index (χ0) is 44.5. The molecular weight excluding hydrogens is 844 g/mol. The standard InChI is InChI=1S/C46H63N6O7PS2/c1-7-12-39(60(57,58-33-17-21-35(61-5)22-18-33)59-34-19-23-36(62-6)24-20-34)49-29-46(30-53)27-32-15-11-16-38(32)52(46)44(56)41(45(2,3)4)51-43(55)40(31-13-9-8-10-14-31)50-42(54)37-28-47-25-26-48-37/h17-26,28,30-32,38-41,49H,7-16,27,29H2,1-6H3,(H,50,54)(H,51,55)/t32-,38-,39+,40-,41+,46+/m0/s1. The highest BCUT2D eigenvalue weighted by molar-refractivity contribution is 7.98. The van der Waals surface area contributed by atoms with Gasteiger partial charge in [-0.1, -0.05) is 59.8 Å². The van der Waals surface area contributed by atoms with Gasteiger partial charge in [-0.25, -0.2) is 9.55 Å². The molecule has 3 N–H and O–H groups in total. The van der Waals surface area contributed by atoms with Gasteiger partial charge in [0.15, 0.2) is 0 Å². The van der Waals surface area contributed by atoms with E-state index >= 15 is 9.36 Å². The van der Waals surface area contributed by atoms with E-state index in [1.165, 1.54) is 18.6 Å². The van der Waals surface area contributed by atoms with Crippen LogP contribution < -0.4 is 25.0 Å². The van der Waals surface area contributed by atoms with Gasteiger partial charge in [-0.05, 0) is 117 Å². The predicted molar refractivity (Wildman–Crippen MR) is 245 cm³/mol. The third-order valence-corrected chi connectivity index (χ3v) is 16.2. The Morgan fingerprint density at radius 3 is 2.06 bits per heavy atom. The van der Waals surface area contributed by atoms with Crippen molar-refractivity contribution in [3.05, 3.63) is 72.8 Å². The Labute approximate surface area is 375 Å². The lowest BCUT2D eigenvalue weighted by atomic mass is 9.81. The molecule has 3 aliphatic rings.